The van der Waals surface area contributed by atoms with Crippen molar-refractivity contribution in [1.29, 1.82) is 0 Å². The first kappa shape index (κ1) is 40.0. The Labute approximate surface area is 250 Å². The second kappa shape index (κ2) is 31.9. The third-order valence-electron chi connectivity index (χ3n) is 5.33. The van der Waals surface area contributed by atoms with Gasteiger partial charge in [0.25, 0.3) is 0 Å². The van der Waals surface area contributed by atoms with Crippen LogP contribution in [0.4, 0.5) is 0 Å². The van der Waals surface area contributed by atoms with Gasteiger partial charge in [-0.3, -0.25) is 4.79 Å². The van der Waals surface area contributed by atoms with E-state index in [9.17, 15) is 4.79 Å². The highest BCUT2D eigenvalue weighted by molar-refractivity contribution is 8.77. The first-order valence-electron chi connectivity index (χ1n) is 14.5. The second-order valence-electron chi connectivity index (χ2n) is 9.52. The lowest BCUT2D eigenvalue weighted by Crippen LogP contribution is -2.16. The van der Waals surface area contributed by atoms with Crippen LogP contribution in [0.2, 0.25) is 0 Å². The quantitative estimate of drug-likeness (QED) is 0.0838. The minimum absolute atomic E-state index is 0.0794. The number of hydrogen-bond donors (Lipinski definition) is 1. The summed E-state index contributed by atoms with van der Waals surface area (Å²) in [5.74, 6) is 1.34. The largest absolute Gasteiger partial charge is 0.396 e. The molecule has 0 radical (unpaired) electrons. The standard InChI is InChI=1S/C28H56O10S2/c1-28(2,40-39-26-5-4-10-29)9-8-27(30)7-6-11-32-14-15-34-18-19-36-22-23-38-25-24-37-21-20-35-17-16-33-13-12-31-3/h29H,4-26H2,1-3H3. The van der Waals surface area contributed by atoms with Gasteiger partial charge in [-0.1, -0.05) is 21.6 Å². The van der Waals surface area contributed by atoms with Crippen molar-refractivity contribution in [3.05, 3.63) is 0 Å². The van der Waals surface area contributed by atoms with Crippen LogP contribution in [0.15, 0.2) is 0 Å². The SMILES string of the molecule is COCCOCCOCCOCCOCCOCCOCCOCCCC(=O)CCC(C)(C)SSCCCCO. The summed E-state index contributed by atoms with van der Waals surface area (Å²) in [6, 6.07) is 0. The van der Waals surface area contributed by atoms with Crippen molar-refractivity contribution >= 4 is 27.4 Å². The van der Waals surface area contributed by atoms with Gasteiger partial charge >= 0.3 is 0 Å². The maximum atomic E-state index is 12.2. The molecule has 0 atom stereocenters. The van der Waals surface area contributed by atoms with Crippen LogP contribution in [0.1, 0.15) is 52.4 Å². The van der Waals surface area contributed by atoms with E-state index in [1.165, 1.54) is 0 Å². The highest BCUT2D eigenvalue weighted by atomic mass is 33.1. The molecule has 0 fully saturated rings. The van der Waals surface area contributed by atoms with Crippen molar-refractivity contribution in [3.8, 4) is 0 Å². The number of carbonyl (C=O) groups is 1. The van der Waals surface area contributed by atoms with Crippen LogP contribution >= 0.6 is 21.6 Å². The highest BCUT2D eigenvalue weighted by Crippen LogP contribution is 2.39. The summed E-state index contributed by atoms with van der Waals surface area (Å²) in [5, 5.41) is 8.83. The lowest BCUT2D eigenvalue weighted by atomic mass is 10.0. The normalized spacial score (nSPS) is 11.9. The Morgan fingerprint density at radius 3 is 1.45 bits per heavy atom. The fourth-order valence-corrected chi connectivity index (χ4v) is 5.74. The number of carbonyl (C=O) groups excluding carboxylic acids is 1. The minimum atomic E-state index is 0.0794. The molecule has 0 unspecified atom stereocenters. The van der Waals surface area contributed by atoms with E-state index in [4.69, 9.17) is 43.0 Å². The average molecular weight is 617 g/mol. The summed E-state index contributed by atoms with van der Waals surface area (Å²) < 4.78 is 43.1. The third-order valence-corrected chi connectivity index (χ3v) is 8.77. The maximum Gasteiger partial charge on any atom is 0.133 e. The Morgan fingerprint density at radius 2 is 1.02 bits per heavy atom. The summed E-state index contributed by atoms with van der Waals surface area (Å²) in [7, 11) is 5.32. The first-order chi connectivity index (χ1) is 19.5. The molecule has 0 aliphatic rings. The molecule has 1 N–H and O–H groups in total. The fourth-order valence-electron chi connectivity index (χ4n) is 3.02. The summed E-state index contributed by atoms with van der Waals surface area (Å²) in [5.41, 5.74) is 0. The number of aliphatic hydroxyl groups is 1. The van der Waals surface area contributed by atoms with Crippen molar-refractivity contribution in [2.45, 2.75) is 57.1 Å². The molecule has 0 aromatic heterocycles. The predicted molar refractivity (Wildman–Crippen MR) is 162 cm³/mol. The van der Waals surface area contributed by atoms with Crippen LogP contribution < -0.4 is 0 Å². The van der Waals surface area contributed by atoms with Crippen molar-refractivity contribution in [2.75, 3.05) is 119 Å². The number of methoxy groups -OCH3 is 1. The lowest BCUT2D eigenvalue weighted by molar-refractivity contribution is -0.119. The van der Waals surface area contributed by atoms with Crippen LogP contribution in [0.25, 0.3) is 0 Å². The van der Waals surface area contributed by atoms with Gasteiger partial charge in [0.1, 0.15) is 5.78 Å². The molecule has 0 rings (SSSR count). The van der Waals surface area contributed by atoms with E-state index in [2.05, 4.69) is 13.8 Å². The molecule has 240 valence electrons. The number of unbranched alkanes of at least 4 members (excludes halogenated alkanes) is 1. The summed E-state index contributed by atoms with van der Waals surface area (Å²) in [6.07, 6.45) is 4.68. The van der Waals surface area contributed by atoms with E-state index in [-0.39, 0.29) is 11.4 Å². The van der Waals surface area contributed by atoms with Gasteiger partial charge in [-0.15, -0.1) is 0 Å². The Kier molecular flexibility index (Phi) is 31.9. The molecular weight excluding hydrogens is 560 g/mol. The molecule has 0 saturated heterocycles. The van der Waals surface area contributed by atoms with Crippen molar-refractivity contribution in [1.82, 2.24) is 0 Å². The Balaban J connectivity index is 3.26. The molecule has 0 aliphatic carbocycles. The number of ketones is 1. The van der Waals surface area contributed by atoms with Gasteiger partial charge in [-0.25, -0.2) is 0 Å². The third kappa shape index (κ3) is 32.5. The van der Waals surface area contributed by atoms with Crippen molar-refractivity contribution in [2.24, 2.45) is 0 Å². The van der Waals surface area contributed by atoms with Gasteiger partial charge in [0.2, 0.25) is 0 Å². The van der Waals surface area contributed by atoms with Crippen molar-refractivity contribution in [3.63, 3.8) is 0 Å². The molecule has 0 amide bonds. The number of ether oxygens (including phenoxy) is 8. The molecule has 12 heteroatoms. The van der Waals surface area contributed by atoms with E-state index in [1.54, 1.807) is 7.11 Å². The molecule has 10 nitrogen and oxygen atoms in total. The predicted octanol–water partition coefficient (Wildman–Crippen LogP) is 3.81. The Bertz CT molecular complexity index is 529. The van der Waals surface area contributed by atoms with Gasteiger partial charge in [-0.05, 0) is 39.5 Å². The van der Waals surface area contributed by atoms with Gasteiger partial charge in [0.05, 0.1) is 92.5 Å². The zero-order valence-corrected chi connectivity index (χ0v) is 26.8. The number of hydrogen-bond acceptors (Lipinski definition) is 12. The van der Waals surface area contributed by atoms with E-state index >= 15 is 0 Å². The van der Waals surface area contributed by atoms with Crippen LogP contribution in [0.3, 0.4) is 0 Å². The van der Waals surface area contributed by atoms with E-state index in [0.29, 0.717) is 118 Å². The second-order valence-corrected chi connectivity index (χ2v) is 12.6. The fraction of sp³-hybridized carbons (Fsp3) is 0.964. The van der Waals surface area contributed by atoms with Gasteiger partial charge in [0, 0.05) is 43.7 Å². The minimum Gasteiger partial charge on any atom is -0.396 e. The smallest absolute Gasteiger partial charge is 0.133 e. The van der Waals surface area contributed by atoms with E-state index in [0.717, 1.165) is 31.4 Å². The van der Waals surface area contributed by atoms with Crippen LogP contribution in [-0.2, 0) is 42.7 Å². The van der Waals surface area contributed by atoms with E-state index < -0.39 is 0 Å². The van der Waals surface area contributed by atoms with Gasteiger partial charge in [-0.2, -0.15) is 0 Å². The Morgan fingerprint density at radius 1 is 0.600 bits per heavy atom. The summed E-state index contributed by atoms with van der Waals surface area (Å²) in [6.45, 7) is 12.7. The molecule has 0 aliphatic heterocycles. The van der Waals surface area contributed by atoms with Gasteiger partial charge in [0.15, 0.2) is 0 Å². The van der Waals surface area contributed by atoms with Crippen molar-refractivity contribution < 1.29 is 47.8 Å². The summed E-state index contributed by atoms with van der Waals surface area (Å²) in [4.78, 5) is 12.2. The van der Waals surface area contributed by atoms with Gasteiger partial charge < -0.3 is 43.0 Å². The molecule has 40 heavy (non-hydrogen) atoms. The van der Waals surface area contributed by atoms with E-state index in [1.807, 2.05) is 21.6 Å². The molecule has 0 saturated carbocycles. The number of aliphatic hydroxyl groups excluding tert-OH is 1. The monoisotopic (exact) mass is 616 g/mol. The van der Waals surface area contributed by atoms with Crippen LogP contribution in [-0.4, -0.2) is 134 Å². The molecular formula is C28H56O10S2. The molecule has 0 aromatic carbocycles. The molecule has 0 bridgehead atoms. The zero-order valence-electron chi connectivity index (χ0n) is 25.2. The molecule has 0 heterocycles. The summed E-state index contributed by atoms with van der Waals surface area (Å²) >= 11 is 0. The average Bonchev–Trinajstić information content (AvgIpc) is 2.94. The zero-order chi connectivity index (χ0) is 29.4. The molecule has 0 aromatic rings. The highest BCUT2D eigenvalue weighted by Gasteiger charge is 2.20. The molecule has 0 spiro atoms. The number of rotatable bonds is 34. The van der Waals surface area contributed by atoms with Crippen LogP contribution in [0, 0.1) is 0 Å². The maximum absolute atomic E-state index is 12.2. The first-order valence-corrected chi connectivity index (χ1v) is 16.8. The van der Waals surface area contributed by atoms with Crippen LogP contribution in [0.5, 0.6) is 0 Å². The topological polar surface area (TPSA) is 111 Å². The Hall–Kier alpha value is 0.01000. The lowest BCUT2D eigenvalue weighted by Gasteiger charge is -2.22. The number of Topliss-reactive ketones (excluding diaryl/α,β-unsaturated/α-hetero) is 1.